The van der Waals surface area contributed by atoms with Gasteiger partial charge in [-0.25, -0.2) is 0 Å². The van der Waals surface area contributed by atoms with Gasteiger partial charge < -0.3 is 10.1 Å². The predicted octanol–water partition coefficient (Wildman–Crippen LogP) is 1.59. The second-order valence-corrected chi connectivity index (χ2v) is 4.39. The highest BCUT2D eigenvalue weighted by molar-refractivity contribution is 5.84. The largest absolute Gasteiger partial charge is 0.390 e. The van der Waals surface area contributed by atoms with E-state index < -0.39 is 4.92 Å². The third-order valence-corrected chi connectivity index (χ3v) is 2.71. The summed E-state index contributed by atoms with van der Waals surface area (Å²) in [5, 5.41) is 18.8. The average molecular weight is 263 g/mol. The standard InChI is InChI=1S/C11H13N5O3/c1-7(2)15-5-8(6-17)11(13-15)9-4-10(16(18)19)12-14(9)3/h4-7H,1-3H3. The summed E-state index contributed by atoms with van der Waals surface area (Å²) in [6.45, 7) is 3.86. The van der Waals surface area contributed by atoms with Crippen LogP contribution in [0.3, 0.4) is 0 Å². The van der Waals surface area contributed by atoms with Crippen molar-refractivity contribution in [2.75, 3.05) is 0 Å². The molecule has 0 atom stereocenters. The molecule has 100 valence electrons. The van der Waals surface area contributed by atoms with Gasteiger partial charge in [-0.05, 0) is 18.8 Å². The lowest BCUT2D eigenvalue weighted by Gasteiger charge is -2.03. The molecular formula is C11H13N5O3. The van der Waals surface area contributed by atoms with Crippen LogP contribution in [0.1, 0.15) is 30.2 Å². The number of hydrogen-bond donors (Lipinski definition) is 0. The van der Waals surface area contributed by atoms with Crippen molar-refractivity contribution in [1.82, 2.24) is 19.6 Å². The molecule has 0 saturated carbocycles. The van der Waals surface area contributed by atoms with Crippen molar-refractivity contribution in [1.29, 1.82) is 0 Å². The number of hydrogen-bond acceptors (Lipinski definition) is 5. The number of carbonyl (C=O) groups excluding carboxylic acids is 1. The zero-order chi connectivity index (χ0) is 14.2. The van der Waals surface area contributed by atoms with Gasteiger partial charge in [0.25, 0.3) is 0 Å². The minimum atomic E-state index is -0.580. The highest BCUT2D eigenvalue weighted by Crippen LogP contribution is 2.25. The van der Waals surface area contributed by atoms with Gasteiger partial charge in [0, 0.05) is 12.2 Å². The van der Waals surface area contributed by atoms with E-state index >= 15 is 0 Å². The topological polar surface area (TPSA) is 95.9 Å². The van der Waals surface area contributed by atoms with E-state index in [0.717, 1.165) is 0 Å². The molecule has 0 aliphatic carbocycles. The highest BCUT2D eigenvalue weighted by atomic mass is 16.6. The van der Waals surface area contributed by atoms with Gasteiger partial charge >= 0.3 is 5.82 Å². The molecule has 0 aromatic carbocycles. The zero-order valence-corrected chi connectivity index (χ0v) is 10.8. The van der Waals surface area contributed by atoms with Crippen LogP contribution in [-0.2, 0) is 7.05 Å². The third-order valence-electron chi connectivity index (χ3n) is 2.71. The van der Waals surface area contributed by atoms with Crippen molar-refractivity contribution < 1.29 is 9.72 Å². The van der Waals surface area contributed by atoms with E-state index in [4.69, 9.17) is 0 Å². The molecule has 0 aliphatic rings. The maximum absolute atomic E-state index is 11.1. The number of nitro groups is 1. The smallest absolute Gasteiger partial charge is 0.358 e. The first-order valence-corrected chi connectivity index (χ1v) is 5.67. The molecule has 0 spiro atoms. The zero-order valence-electron chi connectivity index (χ0n) is 10.8. The molecule has 8 nitrogen and oxygen atoms in total. The fraction of sp³-hybridized carbons (Fsp3) is 0.364. The van der Waals surface area contributed by atoms with E-state index in [2.05, 4.69) is 10.2 Å². The Morgan fingerprint density at radius 2 is 2.11 bits per heavy atom. The fourth-order valence-corrected chi connectivity index (χ4v) is 1.72. The summed E-state index contributed by atoms with van der Waals surface area (Å²) in [4.78, 5) is 21.2. The molecule has 2 rings (SSSR count). The van der Waals surface area contributed by atoms with Crippen LogP contribution in [0, 0.1) is 10.1 Å². The van der Waals surface area contributed by atoms with Crippen LogP contribution in [0.4, 0.5) is 5.82 Å². The Bertz CT molecular complexity index is 641. The van der Waals surface area contributed by atoms with E-state index in [1.807, 2.05) is 13.8 Å². The SMILES string of the molecule is CC(C)n1cc(C=O)c(-c2cc([N+](=O)[O-])nn2C)n1. The van der Waals surface area contributed by atoms with Gasteiger partial charge in [-0.1, -0.05) is 0 Å². The molecule has 2 aromatic rings. The molecule has 8 heteroatoms. The van der Waals surface area contributed by atoms with Gasteiger partial charge in [0.05, 0.1) is 23.8 Å². The normalized spacial score (nSPS) is 10.9. The first-order valence-electron chi connectivity index (χ1n) is 5.67. The number of nitrogens with zero attached hydrogens (tertiary/aromatic N) is 5. The Morgan fingerprint density at radius 1 is 1.42 bits per heavy atom. The fourth-order valence-electron chi connectivity index (χ4n) is 1.72. The number of aryl methyl sites for hydroxylation is 1. The average Bonchev–Trinajstić information content (AvgIpc) is 2.91. The van der Waals surface area contributed by atoms with Gasteiger partial charge in [0.1, 0.15) is 11.4 Å². The van der Waals surface area contributed by atoms with Crippen LogP contribution in [0.15, 0.2) is 12.3 Å². The molecule has 0 N–H and O–H groups in total. The van der Waals surface area contributed by atoms with Crippen molar-refractivity contribution in [3.63, 3.8) is 0 Å². The second-order valence-electron chi connectivity index (χ2n) is 4.39. The van der Waals surface area contributed by atoms with Gasteiger partial charge in [-0.2, -0.15) is 9.78 Å². The molecule has 19 heavy (non-hydrogen) atoms. The quantitative estimate of drug-likeness (QED) is 0.474. The summed E-state index contributed by atoms with van der Waals surface area (Å²) in [5.41, 5.74) is 1.21. The molecule has 0 radical (unpaired) electrons. The highest BCUT2D eigenvalue weighted by Gasteiger charge is 2.22. The lowest BCUT2D eigenvalue weighted by Crippen LogP contribution is -2.01. The lowest BCUT2D eigenvalue weighted by molar-refractivity contribution is -0.389. The first-order chi connectivity index (χ1) is 8.93. The molecular weight excluding hydrogens is 250 g/mol. The molecule has 0 bridgehead atoms. The maximum Gasteiger partial charge on any atom is 0.390 e. The molecule has 2 aromatic heterocycles. The number of aldehydes is 1. The Balaban J connectivity index is 2.57. The van der Waals surface area contributed by atoms with Gasteiger partial charge in [-0.3, -0.25) is 9.48 Å². The third kappa shape index (κ3) is 2.24. The van der Waals surface area contributed by atoms with Crippen LogP contribution in [0.2, 0.25) is 0 Å². The number of aromatic nitrogens is 4. The van der Waals surface area contributed by atoms with Crippen LogP contribution in [-0.4, -0.2) is 30.8 Å². The lowest BCUT2D eigenvalue weighted by atomic mass is 10.2. The molecule has 0 fully saturated rings. The van der Waals surface area contributed by atoms with E-state index in [-0.39, 0.29) is 11.9 Å². The maximum atomic E-state index is 11.1. The van der Waals surface area contributed by atoms with E-state index in [9.17, 15) is 14.9 Å². The number of carbonyl (C=O) groups is 1. The Morgan fingerprint density at radius 3 is 2.58 bits per heavy atom. The first kappa shape index (κ1) is 12.9. The Kier molecular flexibility index (Phi) is 3.16. The summed E-state index contributed by atoms with van der Waals surface area (Å²) in [5.74, 6) is -0.270. The van der Waals surface area contributed by atoms with Crippen molar-refractivity contribution in [2.45, 2.75) is 19.9 Å². The van der Waals surface area contributed by atoms with Gasteiger partial charge in [-0.15, -0.1) is 0 Å². The number of rotatable bonds is 4. The minimum absolute atomic E-state index is 0.0932. The summed E-state index contributed by atoms with van der Waals surface area (Å²) in [6, 6.07) is 1.40. The van der Waals surface area contributed by atoms with E-state index in [1.165, 1.54) is 10.7 Å². The van der Waals surface area contributed by atoms with E-state index in [0.29, 0.717) is 23.2 Å². The van der Waals surface area contributed by atoms with Crippen molar-refractivity contribution in [3.8, 4) is 11.4 Å². The molecule has 0 amide bonds. The Labute approximate surface area is 108 Å². The summed E-state index contributed by atoms with van der Waals surface area (Å²) < 4.78 is 2.98. The van der Waals surface area contributed by atoms with Gasteiger partial charge in [0.15, 0.2) is 6.29 Å². The van der Waals surface area contributed by atoms with Crippen LogP contribution in [0.5, 0.6) is 0 Å². The summed E-state index contributed by atoms with van der Waals surface area (Å²) in [6.07, 6.45) is 2.30. The monoisotopic (exact) mass is 263 g/mol. The molecule has 2 heterocycles. The van der Waals surface area contributed by atoms with Crippen molar-refractivity contribution in [3.05, 3.63) is 27.9 Å². The summed E-state index contributed by atoms with van der Waals surface area (Å²) in [7, 11) is 1.57. The van der Waals surface area contributed by atoms with Crippen molar-refractivity contribution >= 4 is 12.1 Å². The Hall–Kier alpha value is -2.51. The minimum Gasteiger partial charge on any atom is -0.358 e. The molecule has 0 aliphatic heterocycles. The summed E-state index contributed by atoms with van der Waals surface area (Å²) >= 11 is 0. The molecule has 0 unspecified atom stereocenters. The molecule has 0 saturated heterocycles. The predicted molar refractivity (Wildman–Crippen MR) is 66.9 cm³/mol. The van der Waals surface area contributed by atoms with Gasteiger partial charge in [0.2, 0.25) is 0 Å². The van der Waals surface area contributed by atoms with E-state index in [1.54, 1.807) is 17.9 Å². The van der Waals surface area contributed by atoms with Crippen LogP contribution >= 0.6 is 0 Å². The van der Waals surface area contributed by atoms with Crippen LogP contribution < -0.4 is 0 Å². The second kappa shape index (κ2) is 4.63. The van der Waals surface area contributed by atoms with Crippen molar-refractivity contribution in [2.24, 2.45) is 7.05 Å². The van der Waals surface area contributed by atoms with Crippen LogP contribution in [0.25, 0.3) is 11.4 Å².